The van der Waals surface area contributed by atoms with Crippen molar-refractivity contribution in [1.82, 2.24) is 14.9 Å². The van der Waals surface area contributed by atoms with Crippen LogP contribution in [0.5, 0.6) is 5.75 Å². The Balaban J connectivity index is 1.24. The highest BCUT2D eigenvalue weighted by molar-refractivity contribution is 5.96. The van der Waals surface area contributed by atoms with E-state index in [1.807, 2.05) is 35.2 Å². The van der Waals surface area contributed by atoms with Gasteiger partial charge in [-0.15, -0.1) is 0 Å². The van der Waals surface area contributed by atoms with E-state index in [1.165, 1.54) is 0 Å². The van der Waals surface area contributed by atoms with Crippen molar-refractivity contribution in [3.8, 4) is 34.3 Å². The Morgan fingerprint density at radius 2 is 1.88 bits per heavy atom. The lowest BCUT2D eigenvalue weighted by Crippen LogP contribution is -2.42. The average Bonchev–Trinajstić information content (AvgIpc) is 3.46. The molecule has 0 unspecified atom stereocenters. The number of H-pyrrole nitrogens is 1. The third kappa shape index (κ3) is 5.46. The molecule has 1 amide bonds. The summed E-state index contributed by atoms with van der Waals surface area (Å²) < 4.78 is 26.6. The second kappa shape index (κ2) is 11.6. The lowest BCUT2D eigenvalue weighted by Gasteiger charge is -2.32. The molecule has 9 nitrogen and oxygen atoms in total. The average molecular weight is 556 g/mol. The van der Waals surface area contributed by atoms with Crippen LogP contribution in [-0.4, -0.2) is 78.0 Å². The minimum Gasteiger partial charge on any atom is -0.489 e. The number of pyridine rings is 1. The number of hydrogen-bond donors (Lipinski definition) is 2. The molecule has 0 spiro atoms. The van der Waals surface area contributed by atoms with Crippen molar-refractivity contribution >= 4 is 22.5 Å². The second-order valence-electron chi connectivity index (χ2n) is 10.2. The molecule has 0 aliphatic carbocycles. The van der Waals surface area contributed by atoms with Gasteiger partial charge < -0.3 is 29.4 Å². The summed E-state index contributed by atoms with van der Waals surface area (Å²) in [6.45, 7) is 3.03. The van der Waals surface area contributed by atoms with Gasteiger partial charge in [-0.05, 0) is 42.5 Å². The monoisotopic (exact) mass is 555 g/mol. The number of carbonyl (C=O) groups excluding carboxylic acids is 1. The Morgan fingerprint density at radius 3 is 2.61 bits per heavy atom. The van der Waals surface area contributed by atoms with E-state index >= 15 is 4.39 Å². The number of aromatic nitrogens is 2. The lowest BCUT2D eigenvalue weighted by molar-refractivity contribution is -0.135. The summed E-state index contributed by atoms with van der Waals surface area (Å²) >= 11 is 0. The van der Waals surface area contributed by atoms with Crippen LogP contribution in [0.3, 0.4) is 0 Å². The molecule has 210 valence electrons. The van der Waals surface area contributed by atoms with Gasteiger partial charge >= 0.3 is 0 Å². The largest absolute Gasteiger partial charge is 0.489 e. The van der Waals surface area contributed by atoms with E-state index in [0.29, 0.717) is 74.9 Å². The maximum Gasteiger partial charge on any atom is 0.248 e. The van der Waals surface area contributed by atoms with Gasteiger partial charge in [0.25, 0.3) is 0 Å². The number of rotatable bonds is 6. The number of aromatic amines is 1. The zero-order valence-corrected chi connectivity index (χ0v) is 22.5. The van der Waals surface area contributed by atoms with Crippen LogP contribution < -0.4 is 9.64 Å². The van der Waals surface area contributed by atoms with E-state index in [4.69, 9.17) is 14.6 Å². The number of anilines is 1. The highest BCUT2D eigenvalue weighted by Crippen LogP contribution is 2.34. The van der Waals surface area contributed by atoms with Crippen LogP contribution in [0.1, 0.15) is 18.4 Å². The van der Waals surface area contributed by atoms with E-state index in [2.05, 4.69) is 16.0 Å². The number of ether oxygens (including phenoxy) is 2. The van der Waals surface area contributed by atoms with Gasteiger partial charge in [-0.2, -0.15) is 5.26 Å². The third-order valence-electron chi connectivity index (χ3n) is 7.76. The summed E-state index contributed by atoms with van der Waals surface area (Å²) in [5.74, 6) is -0.0717. The first-order chi connectivity index (χ1) is 20.0. The third-order valence-corrected chi connectivity index (χ3v) is 7.76. The molecule has 4 heterocycles. The fourth-order valence-electron chi connectivity index (χ4n) is 5.54. The number of carbonyl (C=O) groups is 1. The summed E-state index contributed by atoms with van der Waals surface area (Å²) in [6, 6.07) is 16.8. The van der Waals surface area contributed by atoms with Gasteiger partial charge in [-0.3, -0.25) is 9.78 Å². The van der Waals surface area contributed by atoms with Gasteiger partial charge in [0.2, 0.25) is 5.91 Å². The normalized spacial score (nSPS) is 16.1. The quantitative estimate of drug-likeness (QED) is 0.368. The molecule has 0 bridgehead atoms. The fraction of sp³-hybridized carbons (Fsp3) is 0.323. The van der Waals surface area contributed by atoms with Gasteiger partial charge in [-0.25, -0.2) is 4.39 Å². The molecular formula is C31H30FN5O4. The first kappa shape index (κ1) is 26.7. The van der Waals surface area contributed by atoms with E-state index in [1.54, 1.807) is 29.3 Å². The van der Waals surface area contributed by atoms with E-state index in [-0.39, 0.29) is 17.8 Å². The number of morpholine rings is 1. The molecule has 2 N–H and O–H groups in total. The zero-order valence-electron chi connectivity index (χ0n) is 22.5. The van der Waals surface area contributed by atoms with Crippen LogP contribution in [0.4, 0.5) is 10.1 Å². The van der Waals surface area contributed by atoms with E-state index < -0.39 is 6.61 Å². The highest BCUT2D eigenvalue weighted by Gasteiger charge is 2.24. The number of fused-ring (bicyclic) bond motifs is 1. The molecule has 41 heavy (non-hydrogen) atoms. The Bertz CT molecular complexity index is 1620. The number of hydrogen-bond acceptors (Lipinski definition) is 7. The summed E-state index contributed by atoms with van der Waals surface area (Å²) in [7, 11) is 0. The smallest absolute Gasteiger partial charge is 0.248 e. The number of nitrogens with one attached hydrogen (secondary N) is 1. The van der Waals surface area contributed by atoms with E-state index in [0.717, 1.165) is 27.7 Å². The predicted molar refractivity (Wildman–Crippen MR) is 152 cm³/mol. The van der Waals surface area contributed by atoms with Crippen molar-refractivity contribution in [1.29, 1.82) is 5.26 Å². The molecule has 10 heteroatoms. The number of likely N-dealkylation sites (tertiary alicyclic amines) is 1. The number of aliphatic hydroxyl groups is 1. The fourth-order valence-corrected chi connectivity index (χ4v) is 5.54. The maximum atomic E-state index is 15.1. The van der Waals surface area contributed by atoms with Crippen molar-refractivity contribution in [2.45, 2.75) is 18.9 Å². The molecule has 2 aromatic carbocycles. The summed E-state index contributed by atoms with van der Waals surface area (Å²) in [5, 5.41) is 19.8. The number of aliphatic hydroxyl groups excluding tert-OH is 1. The number of benzene rings is 2. The van der Waals surface area contributed by atoms with Crippen molar-refractivity contribution in [2.24, 2.45) is 0 Å². The number of halogens is 1. The standard InChI is InChI=1S/C31H30FN5O4/c32-25-16-20(1-3-28(25)36-11-13-40-14-12-36)27-17-24-26(35-27)5-8-34-31(24)21-2-4-29(22(15-21)18-33)41-23-6-9-37(10-7-23)30(39)19-38/h1-5,8,15-17,23,35,38H,6-7,9-14,19H2. The maximum absolute atomic E-state index is 15.1. The minimum atomic E-state index is -0.493. The highest BCUT2D eigenvalue weighted by atomic mass is 19.1. The molecule has 2 aromatic heterocycles. The minimum absolute atomic E-state index is 0.125. The van der Waals surface area contributed by atoms with Crippen molar-refractivity contribution in [3.05, 3.63) is 66.1 Å². The molecule has 2 aliphatic heterocycles. The van der Waals surface area contributed by atoms with Crippen LogP contribution in [0.25, 0.3) is 33.4 Å². The Labute approximate surface area is 236 Å². The van der Waals surface area contributed by atoms with E-state index in [9.17, 15) is 10.1 Å². The van der Waals surface area contributed by atoms with Crippen molar-refractivity contribution in [3.63, 3.8) is 0 Å². The first-order valence-corrected chi connectivity index (χ1v) is 13.7. The Hall–Kier alpha value is -4.46. The van der Waals surface area contributed by atoms with Gasteiger partial charge in [0.15, 0.2) is 0 Å². The van der Waals surface area contributed by atoms with Crippen LogP contribution in [-0.2, 0) is 9.53 Å². The molecule has 2 fully saturated rings. The van der Waals surface area contributed by atoms with Crippen LogP contribution >= 0.6 is 0 Å². The van der Waals surface area contributed by atoms with Crippen LogP contribution in [0.2, 0.25) is 0 Å². The molecule has 2 saturated heterocycles. The molecule has 6 rings (SSSR count). The SMILES string of the molecule is N#Cc1cc(-c2nccc3[nH]c(-c4ccc(N5CCOCC5)c(F)c4)cc23)ccc1OC1CCN(C(=O)CO)CC1. The molecule has 0 atom stereocenters. The summed E-state index contributed by atoms with van der Waals surface area (Å²) in [6.07, 6.45) is 2.83. The molecule has 0 radical (unpaired) electrons. The molecular weight excluding hydrogens is 525 g/mol. The van der Waals surface area contributed by atoms with Gasteiger partial charge in [-0.1, -0.05) is 6.07 Å². The second-order valence-corrected chi connectivity index (χ2v) is 10.2. The summed E-state index contributed by atoms with van der Waals surface area (Å²) in [5.41, 5.74) is 4.79. The number of amides is 1. The number of piperidine rings is 1. The molecule has 2 aliphatic rings. The molecule has 0 saturated carbocycles. The predicted octanol–water partition coefficient (Wildman–Crippen LogP) is 4.11. The number of nitriles is 1. The first-order valence-electron chi connectivity index (χ1n) is 13.7. The van der Waals surface area contributed by atoms with Gasteiger partial charge in [0.05, 0.1) is 30.2 Å². The van der Waals surface area contributed by atoms with Crippen LogP contribution in [0, 0.1) is 17.1 Å². The Kier molecular flexibility index (Phi) is 7.55. The Morgan fingerprint density at radius 1 is 1.10 bits per heavy atom. The van der Waals surface area contributed by atoms with Crippen LogP contribution in [0.15, 0.2) is 54.7 Å². The zero-order chi connectivity index (χ0) is 28.3. The van der Waals surface area contributed by atoms with Gasteiger partial charge in [0.1, 0.15) is 30.3 Å². The summed E-state index contributed by atoms with van der Waals surface area (Å²) in [4.78, 5) is 23.3. The van der Waals surface area contributed by atoms with Crippen molar-refractivity contribution < 1.29 is 23.8 Å². The van der Waals surface area contributed by atoms with Gasteiger partial charge in [0, 0.05) is 72.9 Å². The topological polar surface area (TPSA) is 115 Å². The number of nitrogens with zero attached hydrogens (tertiary/aromatic N) is 4. The lowest BCUT2D eigenvalue weighted by atomic mass is 10.0. The molecule has 4 aromatic rings. The van der Waals surface area contributed by atoms with Crippen molar-refractivity contribution in [2.75, 3.05) is 50.9 Å².